The van der Waals surface area contributed by atoms with Gasteiger partial charge in [-0.25, -0.2) is 4.68 Å². The molecule has 2 saturated heterocycles. The minimum Gasteiger partial charge on any atom is -0.393 e. The molecule has 3 fully saturated rings. The van der Waals surface area contributed by atoms with E-state index >= 15 is 0 Å². The number of benzene rings is 1. The smallest absolute Gasteiger partial charge is 0.177 e. The van der Waals surface area contributed by atoms with Crippen LogP contribution in [0.3, 0.4) is 0 Å². The molecule has 8 nitrogen and oxygen atoms in total. The number of hydrogen-bond acceptors (Lipinski definition) is 7. The Kier molecular flexibility index (Phi) is 4.95. The minimum atomic E-state index is -0.255. The molecule has 5 rings (SSSR count). The standard InChI is InChI=1S/C22H31N5O3/c1-15(28)16-9-26(10-16)17-4-5-18(20(8-17)25(2)3)19-11-27(24-23-19)12-21-29-13-22(6-7-22)14-30-21/h4-5,8,11,15-16,21,28H,6-7,9-10,12-14H2,1-3H3. The van der Waals surface area contributed by atoms with Crippen LogP contribution in [0, 0.1) is 11.3 Å². The highest BCUT2D eigenvalue weighted by Crippen LogP contribution is 2.48. The summed E-state index contributed by atoms with van der Waals surface area (Å²) < 4.78 is 13.6. The molecule has 1 atom stereocenters. The van der Waals surface area contributed by atoms with Crippen LogP contribution in [0.1, 0.15) is 19.8 Å². The van der Waals surface area contributed by atoms with Gasteiger partial charge in [-0.1, -0.05) is 5.21 Å². The number of anilines is 2. The van der Waals surface area contributed by atoms with Gasteiger partial charge < -0.3 is 24.4 Å². The zero-order valence-electron chi connectivity index (χ0n) is 18.0. The first-order valence-electron chi connectivity index (χ1n) is 10.8. The Hall–Kier alpha value is -2.16. The second-order valence-electron chi connectivity index (χ2n) is 9.38. The maximum Gasteiger partial charge on any atom is 0.177 e. The molecule has 2 aliphatic heterocycles. The van der Waals surface area contributed by atoms with Crippen molar-refractivity contribution in [1.29, 1.82) is 0 Å². The summed E-state index contributed by atoms with van der Waals surface area (Å²) in [6.07, 6.45) is 3.88. The van der Waals surface area contributed by atoms with Crippen LogP contribution >= 0.6 is 0 Å². The van der Waals surface area contributed by atoms with Crippen molar-refractivity contribution in [1.82, 2.24) is 15.0 Å². The van der Waals surface area contributed by atoms with E-state index in [0.717, 1.165) is 43.2 Å². The SMILES string of the molecule is CC(O)C1CN(c2ccc(-c3cn(CC4OCC5(CC5)CO4)nn3)c(N(C)C)c2)C1. The maximum absolute atomic E-state index is 9.75. The Morgan fingerprint density at radius 2 is 1.97 bits per heavy atom. The van der Waals surface area contributed by atoms with Gasteiger partial charge in [-0.3, -0.25) is 0 Å². The molecule has 1 aromatic carbocycles. The summed E-state index contributed by atoms with van der Waals surface area (Å²) in [7, 11) is 4.08. The van der Waals surface area contributed by atoms with Crippen molar-refractivity contribution in [3.63, 3.8) is 0 Å². The fraction of sp³-hybridized carbons (Fsp3) is 0.636. The second kappa shape index (κ2) is 7.51. The van der Waals surface area contributed by atoms with Gasteiger partial charge in [0.15, 0.2) is 6.29 Å². The summed E-state index contributed by atoms with van der Waals surface area (Å²) >= 11 is 0. The third-order valence-electron chi connectivity index (χ3n) is 6.68. The zero-order chi connectivity index (χ0) is 20.9. The largest absolute Gasteiger partial charge is 0.393 e. The Morgan fingerprint density at radius 1 is 1.23 bits per heavy atom. The average molecular weight is 414 g/mol. The van der Waals surface area contributed by atoms with Crippen LogP contribution < -0.4 is 9.80 Å². The van der Waals surface area contributed by atoms with Gasteiger partial charge in [-0.2, -0.15) is 0 Å². The molecular formula is C22H31N5O3. The van der Waals surface area contributed by atoms with E-state index in [9.17, 15) is 5.11 Å². The molecule has 2 aromatic rings. The Bertz CT molecular complexity index is 892. The fourth-order valence-corrected chi connectivity index (χ4v) is 4.20. The van der Waals surface area contributed by atoms with Crippen molar-refractivity contribution in [2.45, 2.75) is 38.7 Å². The molecule has 162 valence electrons. The van der Waals surface area contributed by atoms with Crippen LogP contribution in [0.5, 0.6) is 0 Å². The molecule has 1 aromatic heterocycles. The molecule has 3 aliphatic rings. The summed E-state index contributed by atoms with van der Waals surface area (Å²) in [4.78, 5) is 4.40. The zero-order valence-corrected chi connectivity index (χ0v) is 18.0. The molecule has 8 heteroatoms. The van der Waals surface area contributed by atoms with Crippen LogP contribution in [0.4, 0.5) is 11.4 Å². The Labute approximate surface area is 177 Å². The number of nitrogens with zero attached hydrogens (tertiary/aromatic N) is 5. The number of hydrogen-bond donors (Lipinski definition) is 1. The number of aliphatic hydroxyl groups excluding tert-OH is 1. The third kappa shape index (κ3) is 3.79. The van der Waals surface area contributed by atoms with E-state index in [1.165, 1.54) is 18.5 Å². The predicted octanol–water partition coefficient (Wildman–Crippen LogP) is 1.98. The lowest BCUT2D eigenvalue weighted by molar-refractivity contribution is -0.213. The van der Waals surface area contributed by atoms with Crippen LogP contribution in [-0.4, -0.2) is 72.9 Å². The Morgan fingerprint density at radius 3 is 2.60 bits per heavy atom. The summed E-state index contributed by atoms with van der Waals surface area (Å²) in [5, 5.41) is 18.5. The van der Waals surface area contributed by atoms with Crippen molar-refractivity contribution in [2.24, 2.45) is 11.3 Å². The first-order valence-corrected chi connectivity index (χ1v) is 10.8. The minimum absolute atomic E-state index is 0.254. The lowest BCUT2D eigenvalue weighted by atomic mass is 9.93. The molecule has 3 heterocycles. The Balaban J connectivity index is 1.29. The number of aliphatic hydroxyl groups is 1. The van der Waals surface area contributed by atoms with Crippen molar-refractivity contribution >= 4 is 11.4 Å². The van der Waals surface area contributed by atoms with Gasteiger partial charge in [0.05, 0.1) is 32.1 Å². The van der Waals surface area contributed by atoms with E-state index in [2.05, 4.69) is 38.3 Å². The first-order chi connectivity index (χ1) is 14.4. The average Bonchev–Trinajstić information content (AvgIpc) is 3.28. The predicted molar refractivity (Wildman–Crippen MR) is 115 cm³/mol. The van der Waals surface area contributed by atoms with E-state index in [1.54, 1.807) is 4.68 Å². The molecule has 0 amide bonds. The molecule has 30 heavy (non-hydrogen) atoms. The molecular weight excluding hydrogens is 382 g/mol. The van der Waals surface area contributed by atoms with E-state index in [-0.39, 0.29) is 12.4 Å². The molecule has 1 saturated carbocycles. The molecule has 1 unspecified atom stereocenters. The monoisotopic (exact) mass is 413 g/mol. The second-order valence-corrected chi connectivity index (χ2v) is 9.38. The number of aromatic nitrogens is 3. The van der Waals surface area contributed by atoms with Crippen molar-refractivity contribution in [2.75, 3.05) is 50.2 Å². The quantitative estimate of drug-likeness (QED) is 0.776. The van der Waals surface area contributed by atoms with Crippen LogP contribution in [0.25, 0.3) is 11.3 Å². The molecule has 1 N–H and O–H groups in total. The van der Waals surface area contributed by atoms with E-state index in [1.807, 2.05) is 27.2 Å². The highest BCUT2D eigenvalue weighted by atomic mass is 16.7. The van der Waals surface area contributed by atoms with Gasteiger partial charge in [0.2, 0.25) is 0 Å². The van der Waals surface area contributed by atoms with E-state index < -0.39 is 0 Å². The lowest BCUT2D eigenvalue weighted by Gasteiger charge is -2.43. The summed E-state index contributed by atoms with van der Waals surface area (Å²) in [6, 6.07) is 6.43. The van der Waals surface area contributed by atoms with Crippen molar-refractivity contribution in [3.05, 3.63) is 24.4 Å². The van der Waals surface area contributed by atoms with Gasteiger partial charge in [0.1, 0.15) is 5.69 Å². The maximum atomic E-state index is 9.75. The van der Waals surface area contributed by atoms with E-state index in [0.29, 0.717) is 17.9 Å². The van der Waals surface area contributed by atoms with Crippen molar-refractivity contribution in [3.8, 4) is 11.3 Å². The van der Waals surface area contributed by atoms with Crippen LogP contribution in [-0.2, 0) is 16.0 Å². The summed E-state index contributed by atoms with van der Waals surface area (Å²) in [5.41, 5.74) is 4.46. The molecule has 1 aliphatic carbocycles. The normalized spacial score (nSPS) is 22.2. The number of rotatable bonds is 6. The summed E-state index contributed by atoms with van der Waals surface area (Å²) in [5.74, 6) is 0.353. The topological polar surface area (TPSA) is 75.9 Å². The van der Waals surface area contributed by atoms with E-state index in [4.69, 9.17) is 9.47 Å². The fourth-order valence-electron chi connectivity index (χ4n) is 4.20. The van der Waals surface area contributed by atoms with Crippen LogP contribution in [0.15, 0.2) is 24.4 Å². The van der Waals surface area contributed by atoms with Gasteiger partial charge in [0.25, 0.3) is 0 Å². The van der Waals surface area contributed by atoms with Gasteiger partial charge >= 0.3 is 0 Å². The van der Waals surface area contributed by atoms with Crippen LogP contribution in [0.2, 0.25) is 0 Å². The molecule has 1 spiro atoms. The van der Waals surface area contributed by atoms with Crippen molar-refractivity contribution < 1.29 is 14.6 Å². The van der Waals surface area contributed by atoms with Gasteiger partial charge in [-0.05, 0) is 38.0 Å². The highest BCUT2D eigenvalue weighted by molar-refractivity contribution is 5.79. The highest BCUT2D eigenvalue weighted by Gasteiger charge is 2.47. The molecule has 0 bridgehead atoms. The third-order valence-corrected chi connectivity index (χ3v) is 6.68. The van der Waals surface area contributed by atoms with Gasteiger partial charge in [0, 0.05) is 55.5 Å². The summed E-state index contributed by atoms with van der Waals surface area (Å²) in [6.45, 7) is 5.78. The lowest BCUT2D eigenvalue weighted by Crippen LogP contribution is -2.51. The molecule has 0 radical (unpaired) electrons. The number of ether oxygens (including phenoxy) is 2. The first kappa shape index (κ1) is 19.8. The van der Waals surface area contributed by atoms with Gasteiger partial charge in [-0.15, -0.1) is 5.10 Å².